The molecule has 0 saturated heterocycles. The molecular weight excluding hydrogens is 492 g/mol. The minimum atomic E-state index is 0.639. The second-order valence-corrected chi connectivity index (χ2v) is 11.2. The van der Waals surface area contributed by atoms with Gasteiger partial charge in [-0.2, -0.15) is 10.5 Å². The molecule has 2 heterocycles. The van der Waals surface area contributed by atoms with Gasteiger partial charge in [0, 0.05) is 36.6 Å². The summed E-state index contributed by atoms with van der Waals surface area (Å²) in [7, 11) is 0. The van der Waals surface area contributed by atoms with Gasteiger partial charge < -0.3 is 9.97 Å². The molecule has 6 nitrogen and oxygen atoms in total. The number of aromatic nitrogens is 4. The highest BCUT2D eigenvalue weighted by molar-refractivity contribution is 5.02. The van der Waals surface area contributed by atoms with Crippen LogP contribution in [0, 0.1) is 46.3 Å². The summed E-state index contributed by atoms with van der Waals surface area (Å²) in [6, 6.07) is 4.37. The molecule has 6 heteroatoms. The molecule has 2 aromatic rings. The molecule has 0 spiro atoms. The third kappa shape index (κ3) is 12.9. The molecule has 0 bridgehead atoms. The summed E-state index contributed by atoms with van der Waals surface area (Å²) < 4.78 is 0. The lowest BCUT2D eigenvalue weighted by Gasteiger charge is -2.15. The van der Waals surface area contributed by atoms with Gasteiger partial charge in [-0.25, -0.2) is 9.97 Å². The first-order chi connectivity index (χ1) is 19.8. The number of rotatable bonds is 6. The molecule has 0 amide bonds. The van der Waals surface area contributed by atoms with E-state index in [9.17, 15) is 0 Å². The van der Waals surface area contributed by atoms with Gasteiger partial charge in [-0.1, -0.05) is 48.6 Å². The molecule has 0 aromatic carbocycles. The number of H-pyrrole nitrogens is 2. The van der Waals surface area contributed by atoms with E-state index in [1.54, 1.807) is 12.7 Å². The zero-order chi connectivity index (χ0) is 28.1. The van der Waals surface area contributed by atoms with Crippen molar-refractivity contribution in [3.8, 4) is 12.1 Å². The van der Waals surface area contributed by atoms with Crippen molar-refractivity contribution in [1.29, 1.82) is 10.5 Å². The van der Waals surface area contributed by atoms with Crippen molar-refractivity contribution in [1.82, 2.24) is 19.9 Å². The lowest BCUT2D eigenvalue weighted by atomic mass is 9.90. The van der Waals surface area contributed by atoms with Gasteiger partial charge in [-0.3, -0.25) is 0 Å². The Morgan fingerprint density at radius 1 is 0.575 bits per heavy atom. The van der Waals surface area contributed by atoms with E-state index >= 15 is 0 Å². The summed E-state index contributed by atoms with van der Waals surface area (Å²) in [6.45, 7) is 0. The van der Waals surface area contributed by atoms with Gasteiger partial charge in [-0.15, -0.1) is 0 Å². The molecule has 2 atom stereocenters. The molecule has 40 heavy (non-hydrogen) atoms. The topological polar surface area (TPSA) is 105 Å². The molecule has 2 N–H and O–H groups in total. The maximum Gasteiger partial charge on any atom is 0.0921 e. The molecule has 6 rings (SSSR count). The quantitative estimate of drug-likeness (QED) is 0.360. The fraction of sp³-hybridized carbons (Fsp3) is 0.529. The van der Waals surface area contributed by atoms with E-state index in [4.69, 9.17) is 10.5 Å². The molecule has 0 radical (unpaired) electrons. The molecule has 2 unspecified atom stereocenters. The van der Waals surface area contributed by atoms with Gasteiger partial charge in [0.15, 0.2) is 0 Å². The summed E-state index contributed by atoms with van der Waals surface area (Å²) in [4.78, 5) is 14.3. The van der Waals surface area contributed by atoms with Crippen molar-refractivity contribution in [2.24, 2.45) is 23.7 Å². The predicted molar refractivity (Wildman–Crippen MR) is 162 cm³/mol. The molecular formula is C34H46N6. The first-order valence-corrected chi connectivity index (χ1v) is 15.0. The first-order valence-electron chi connectivity index (χ1n) is 15.0. The second kappa shape index (κ2) is 19.4. The Morgan fingerprint density at radius 2 is 1.00 bits per heavy atom. The average Bonchev–Trinajstić information content (AvgIpc) is 3.82. The zero-order valence-electron chi connectivity index (χ0n) is 23.9. The summed E-state index contributed by atoms with van der Waals surface area (Å²) in [5.74, 6) is 2.94. The molecule has 4 aliphatic carbocycles. The highest BCUT2D eigenvalue weighted by Crippen LogP contribution is 2.23. The molecule has 2 aromatic heterocycles. The van der Waals surface area contributed by atoms with E-state index in [1.807, 2.05) is 12.4 Å². The number of allylic oxidation sites excluding steroid dienone is 8. The Bertz CT molecular complexity index is 1090. The smallest absolute Gasteiger partial charge is 0.0921 e. The Kier molecular flexibility index (Phi) is 15.0. The fourth-order valence-electron chi connectivity index (χ4n) is 5.44. The van der Waals surface area contributed by atoms with Crippen molar-refractivity contribution in [3.05, 3.63) is 85.0 Å². The monoisotopic (exact) mass is 538 g/mol. The lowest BCUT2D eigenvalue weighted by molar-refractivity contribution is 0.473. The number of nitriles is 2. The van der Waals surface area contributed by atoms with Crippen LogP contribution in [-0.2, 0) is 12.8 Å². The van der Waals surface area contributed by atoms with Crippen molar-refractivity contribution in [3.63, 3.8) is 0 Å². The fourth-order valence-corrected chi connectivity index (χ4v) is 5.44. The van der Waals surface area contributed by atoms with Gasteiger partial charge >= 0.3 is 0 Å². The van der Waals surface area contributed by atoms with Crippen molar-refractivity contribution >= 4 is 0 Å². The van der Waals surface area contributed by atoms with E-state index in [1.165, 1.54) is 56.3 Å². The van der Waals surface area contributed by atoms with Crippen LogP contribution in [0.5, 0.6) is 0 Å². The normalized spacial score (nSPS) is 21.2. The molecule has 0 saturated carbocycles. The van der Waals surface area contributed by atoms with Crippen LogP contribution in [0.25, 0.3) is 0 Å². The number of nitrogens with one attached hydrogen (secondary N) is 2. The predicted octanol–water partition coefficient (Wildman–Crippen LogP) is 8.35. The van der Waals surface area contributed by atoms with Gasteiger partial charge in [0.25, 0.3) is 0 Å². The third-order valence-electron chi connectivity index (χ3n) is 7.85. The highest BCUT2D eigenvalue weighted by Gasteiger charge is 2.12. The lowest BCUT2D eigenvalue weighted by Crippen LogP contribution is -2.06. The second-order valence-electron chi connectivity index (χ2n) is 11.2. The number of hydrogen-bond donors (Lipinski definition) is 2. The standard InChI is InChI=1S/C10H14N2.C9H12N2.C8H11N.C7H9N/c1-2-4-9(5-3-1)6-10-7-11-8-12-10;1-2-4-8(3-1)5-9-6-10-7-11-9;9-7-6-8-4-2-1-3-5-8;8-6-5-7-3-1-2-4-7/h1-2,7-9H,3-6H2,(H,11,12);1-2,6-8H,3-5H2,(H,10,11);1-2,8H,3-6H2;1-2,7H,3-5H2. The molecule has 0 aliphatic heterocycles. The van der Waals surface area contributed by atoms with Gasteiger partial charge in [0.05, 0.1) is 24.8 Å². The van der Waals surface area contributed by atoms with Gasteiger partial charge in [0.2, 0.25) is 0 Å². The van der Waals surface area contributed by atoms with Crippen LogP contribution in [0.4, 0.5) is 0 Å². The Morgan fingerprint density at radius 3 is 1.45 bits per heavy atom. The minimum Gasteiger partial charge on any atom is -0.348 e. The average molecular weight is 539 g/mol. The van der Waals surface area contributed by atoms with E-state index in [-0.39, 0.29) is 0 Å². The van der Waals surface area contributed by atoms with Crippen LogP contribution in [0.2, 0.25) is 0 Å². The number of nitrogens with zero attached hydrogens (tertiary/aromatic N) is 4. The van der Waals surface area contributed by atoms with E-state index < -0.39 is 0 Å². The number of hydrogen-bond acceptors (Lipinski definition) is 4. The van der Waals surface area contributed by atoms with Gasteiger partial charge in [0.1, 0.15) is 0 Å². The summed E-state index contributed by atoms with van der Waals surface area (Å²) in [6.07, 6.45) is 41.0. The third-order valence-corrected chi connectivity index (χ3v) is 7.85. The van der Waals surface area contributed by atoms with Crippen molar-refractivity contribution < 1.29 is 0 Å². The van der Waals surface area contributed by atoms with Crippen LogP contribution in [0.15, 0.2) is 73.7 Å². The van der Waals surface area contributed by atoms with Crippen molar-refractivity contribution in [2.75, 3.05) is 0 Å². The molecule has 4 aliphatic rings. The van der Waals surface area contributed by atoms with E-state index in [0.717, 1.165) is 56.8 Å². The molecule has 212 valence electrons. The summed E-state index contributed by atoms with van der Waals surface area (Å²) in [5.41, 5.74) is 2.54. The summed E-state index contributed by atoms with van der Waals surface area (Å²) in [5, 5.41) is 16.6. The van der Waals surface area contributed by atoms with Crippen molar-refractivity contribution in [2.45, 2.75) is 89.9 Å². The first kappa shape index (κ1) is 30.9. The maximum absolute atomic E-state index is 8.34. The molecule has 0 fully saturated rings. The van der Waals surface area contributed by atoms with Crippen LogP contribution >= 0.6 is 0 Å². The van der Waals surface area contributed by atoms with Crippen LogP contribution < -0.4 is 0 Å². The summed E-state index contributed by atoms with van der Waals surface area (Å²) >= 11 is 0. The Balaban J connectivity index is 0.000000149. The minimum absolute atomic E-state index is 0.639. The number of aromatic amines is 2. The number of imidazole rings is 2. The van der Waals surface area contributed by atoms with Crippen LogP contribution in [0.1, 0.15) is 88.4 Å². The highest BCUT2D eigenvalue weighted by atomic mass is 14.9. The van der Waals surface area contributed by atoms with Crippen LogP contribution in [-0.4, -0.2) is 19.9 Å². The van der Waals surface area contributed by atoms with E-state index in [2.05, 4.69) is 80.7 Å². The SMILES string of the molecule is C1=CCC(Cc2cnc[nH]2)C1.C1=CCC(Cc2cnc[nH]2)CC1.N#CCC1CC=CC1.N#CCC1CC=CCC1. The van der Waals surface area contributed by atoms with E-state index in [0.29, 0.717) is 11.8 Å². The Labute approximate surface area is 241 Å². The van der Waals surface area contributed by atoms with Crippen LogP contribution in [0.3, 0.4) is 0 Å². The zero-order valence-corrected chi connectivity index (χ0v) is 23.9. The van der Waals surface area contributed by atoms with Gasteiger partial charge in [-0.05, 0) is 101 Å². The Hall–Kier alpha value is -3.64. The maximum atomic E-state index is 8.34. The largest absolute Gasteiger partial charge is 0.348 e.